The summed E-state index contributed by atoms with van der Waals surface area (Å²) in [5, 5.41) is 11.6. The number of anilines is 1. The predicted molar refractivity (Wildman–Crippen MR) is 113 cm³/mol. The van der Waals surface area contributed by atoms with Gasteiger partial charge in [-0.2, -0.15) is 5.26 Å². The normalized spacial score (nSPS) is 10.1. The van der Waals surface area contributed by atoms with Crippen molar-refractivity contribution < 1.29 is 9.53 Å². The van der Waals surface area contributed by atoms with Crippen LogP contribution in [0.2, 0.25) is 0 Å². The van der Waals surface area contributed by atoms with Crippen LogP contribution in [0.4, 0.5) is 5.69 Å². The monoisotopic (exact) mass is 388 g/mol. The minimum absolute atomic E-state index is 0.140. The molecule has 0 unspecified atom stereocenters. The van der Waals surface area contributed by atoms with Gasteiger partial charge >= 0.3 is 0 Å². The highest BCUT2D eigenvalue weighted by Gasteiger charge is 2.07. The van der Waals surface area contributed by atoms with Gasteiger partial charge in [0.05, 0.1) is 12.5 Å². The molecule has 0 aliphatic heterocycles. The second kappa shape index (κ2) is 9.63. The number of benzene rings is 3. The van der Waals surface area contributed by atoms with E-state index in [1.54, 1.807) is 11.8 Å². The van der Waals surface area contributed by atoms with E-state index >= 15 is 0 Å². The quantitative estimate of drug-likeness (QED) is 0.558. The molecule has 3 aromatic rings. The number of nitrogens with one attached hydrogen (secondary N) is 1. The van der Waals surface area contributed by atoms with Crippen LogP contribution in [-0.2, 0) is 13.0 Å². The van der Waals surface area contributed by atoms with Gasteiger partial charge in [-0.05, 0) is 65.9 Å². The third kappa shape index (κ3) is 5.38. The molecule has 0 spiro atoms. The highest BCUT2D eigenvalue weighted by molar-refractivity contribution is 7.98. The first-order valence-corrected chi connectivity index (χ1v) is 10.0. The maximum Gasteiger partial charge on any atom is 0.255 e. The van der Waals surface area contributed by atoms with Gasteiger partial charge in [0.2, 0.25) is 0 Å². The van der Waals surface area contributed by atoms with Crippen LogP contribution in [0.25, 0.3) is 0 Å². The highest BCUT2D eigenvalue weighted by Crippen LogP contribution is 2.18. The zero-order valence-corrected chi connectivity index (χ0v) is 16.3. The molecule has 4 nitrogen and oxygen atoms in total. The Morgan fingerprint density at radius 2 is 1.79 bits per heavy atom. The maximum absolute atomic E-state index is 12.4. The van der Waals surface area contributed by atoms with Gasteiger partial charge in [0.25, 0.3) is 5.91 Å². The van der Waals surface area contributed by atoms with E-state index in [0.29, 0.717) is 18.6 Å². The van der Waals surface area contributed by atoms with Gasteiger partial charge in [-0.25, -0.2) is 0 Å². The van der Waals surface area contributed by atoms with E-state index in [1.807, 2.05) is 79.1 Å². The van der Waals surface area contributed by atoms with Crippen LogP contribution in [0, 0.1) is 11.3 Å². The Morgan fingerprint density at radius 1 is 1.04 bits per heavy atom. The van der Waals surface area contributed by atoms with E-state index in [9.17, 15) is 4.79 Å². The van der Waals surface area contributed by atoms with Crippen molar-refractivity contribution in [2.24, 2.45) is 0 Å². The van der Waals surface area contributed by atoms with Crippen molar-refractivity contribution in [1.29, 1.82) is 5.26 Å². The largest absolute Gasteiger partial charge is 0.489 e. The van der Waals surface area contributed by atoms with Gasteiger partial charge in [0.1, 0.15) is 12.4 Å². The lowest BCUT2D eigenvalue weighted by Gasteiger charge is -2.10. The molecule has 28 heavy (non-hydrogen) atoms. The molecule has 5 heteroatoms. The number of nitrogens with zero attached hydrogens (tertiary/aromatic N) is 1. The molecular formula is C23H20N2O2S. The van der Waals surface area contributed by atoms with Crippen LogP contribution >= 0.6 is 11.8 Å². The van der Waals surface area contributed by atoms with Crippen molar-refractivity contribution in [2.45, 2.75) is 17.9 Å². The van der Waals surface area contributed by atoms with E-state index in [2.05, 4.69) is 11.4 Å². The number of nitriles is 1. The SMILES string of the molecule is CSc1ccc(C(=O)Nc2cccc(COc3ccc(CC#N)cc3)c2)cc1. The van der Waals surface area contributed by atoms with Crippen molar-refractivity contribution in [3.63, 3.8) is 0 Å². The first kappa shape index (κ1) is 19.5. The Hall–Kier alpha value is -3.23. The highest BCUT2D eigenvalue weighted by atomic mass is 32.2. The van der Waals surface area contributed by atoms with Gasteiger partial charge in [-0.15, -0.1) is 11.8 Å². The molecule has 0 fully saturated rings. The topological polar surface area (TPSA) is 62.1 Å². The van der Waals surface area contributed by atoms with Crippen LogP contribution < -0.4 is 10.1 Å². The molecule has 3 rings (SSSR count). The Labute approximate surface area is 169 Å². The summed E-state index contributed by atoms with van der Waals surface area (Å²) in [6.07, 6.45) is 2.39. The molecule has 0 bridgehead atoms. The number of hydrogen-bond acceptors (Lipinski definition) is 4. The van der Waals surface area contributed by atoms with Crippen LogP contribution in [0.1, 0.15) is 21.5 Å². The summed E-state index contributed by atoms with van der Waals surface area (Å²) < 4.78 is 5.80. The summed E-state index contributed by atoms with van der Waals surface area (Å²) in [4.78, 5) is 13.5. The van der Waals surface area contributed by atoms with Crippen LogP contribution in [0.15, 0.2) is 77.7 Å². The molecule has 140 valence electrons. The second-order valence-corrected chi connectivity index (χ2v) is 7.03. The van der Waals surface area contributed by atoms with Crippen molar-refractivity contribution in [3.8, 4) is 11.8 Å². The number of carbonyl (C=O) groups excluding carboxylic acids is 1. The summed E-state index contributed by atoms with van der Waals surface area (Å²) in [5.74, 6) is 0.601. The fourth-order valence-corrected chi connectivity index (χ4v) is 3.05. The minimum atomic E-state index is -0.140. The Kier molecular flexibility index (Phi) is 6.72. The molecule has 0 aliphatic rings. The fourth-order valence-electron chi connectivity index (χ4n) is 2.65. The van der Waals surface area contributed by atoms with Gasteiger partial charge < -0.3 is 10.1 Å². The summed E-state index contributed by atoms with van der Waals surface area (Å²) in [6.45, 7) is 0.393. The van der Waals surface area contributed by atoms with Gasteiger partial charge in [-0.1, -0.05) is 24.3 Å². The molecule has 0 heterocycles. The van der Waals surface area contributed by atoms with Gasteiger partial charge in [0, 0.05) is 16.1 Å². The molecule has 3 aromatic carbocycles. The maximum atomic E-state index is 12.4. The van der Waals surface area contributed by atoms with E-state index in [0.717, 1.165) is 27.5 Å². The Balaban J connectivity index is 1.60. The van der Waals surface area contributed by atoms with Crippen molar-refractivity contribution in [1.82, 2.24) is 0 Å². The summed E-state index contributed by atoms with van der Waals surface area (Å²) in [7, 11) is 0. The summed E-state index contributed by atoms with van der Waals surface area (Å²) in [6, 6.07) is 24.7. The zero-order chi connectivity index (χ0) is 19.8. The van der Waals surface area contributed by atoms with Crippen LogP contribution in [0.5, 0.6) is 5.75 Å². The third-order valence-electron chi connectivity index (χ3n) is 4.15. The van der Waals surface area contributed by atoms with E-state index in [4.69, 9.17) is 10.00 Å². The van der Waals surface area contributed by atoms with Crippen LogP contribution in [-0.4, -0.2) is 12.2 Å². The molecule has 0 saturated heterocycles. The lowest BCUT2D eigenvalue weighted by atomic mass is 10.1. The predicted octanol–water partition coefficient (Wildman–Crippen LogP) is 5.31. The molecule has 0 radical (unpaired) electrons. The molecule has 1 amide bonds. The number of hydrogen-bond donors (Lipinski definition) is 1. The van der Waals surface area contributed by atoms with Crippen LogP contribution in [0.3, 0.4) is 0 Å². The second-order valence-electron chi connectivity index (χ2n) is 6.15. The number of rotatable bonds is 7. The molecule has 1 N–H and O–H groups in total. The lowest BCUT2D eigenvalue weighted by molar-refractivity contribution is 0.102. The Morgan fingerprint density at radius 3 is 2.46 bits per heavy atom. The van der Waals surface area contributed by atoms with Crippen molar-refractivity contribution in [2.75, 3.05) is 11.6 Å². The molecule has 0 saturated carbocycles. The van der Waals surface area contributed by atoms with Crippen molar-refractivity contribution in [3.05, 3.63) is 89.5 Å². The number of amides is 1. The minimum Gasteiger partial charge on any atom is -0.489 e. The molecule has 0 aromatic heterocycles. The first-order valence-electron chi connectivity index (χ1n) is 8.81. The summed E-state index contributed by atoms with van der Waals surface area (Å²) in [5.41, 5.74) is 3.27. The fraction of sp³-hybridized carbons (Fsp3) is 0.130. The van der Waals surface area contributed by atoms with E-state index < -0.39 is 0 Å². The molecule has 0 aliphatic carbocycles. The molecular weight excluding hydrogens is 368 g/mol. The lowest BCUT2D eigenvalue weighted by Crippen LogP contribution is -2.12. The Bertz CT molecular complexity index is 977. The third-order valence-corrected chi connectivity index (χ3v) is 4.89. The number of carbonyl (C=O) groups is 1. The smallest absolute Gasteiger partial charge is 0.255 e. The van der Waals surface area contributed by atoms with E-state index in [-0.39, 0.29) is 5.91 Å². The van der Waals surface area contributed by atoms with Gasteiger partial charge in [-0.3, -0.25) is 4.79 Å². The standard InChI is InChI=1S/C23H20N2O2S/c1-28-22-11-7-19(8-12-22)23(26)25-20-4-2-3-18(15-20)16-27-21-9-5-17(6-10-21)13-14-24/h2-12,15H,13,16H2,1H3,(H,25,26). The number of ether oxygens (including phenoxy) is 1. The molecule has 0 atom stereocenters. The van der Waals surface area contributed by atoms with E-state index in [1.165, 1.54) is 0 Å². The van der Waals surface area contributed by atoms with Gasteiger partial charge in [0.15, 0.2) is 0 Å². The first-order chi connectivity index (χ1) is 13.7. The van der Waals surface area contributed by atoms with Crippen molar-refractivity contribution >= 4 is 23.4 Å². The average Bonchev–Trinajstić information content (AvgIpc) is 2.74. The average molecular weight is 388 g/mol. The number of thioether (sulfide) groups is 1. The summed E-state index contributed by atoms with van der Waals surface area (Å²) >= 11 is 1.64. The zero-order valence-electron chi connectivity index (χ0n) is 15.5.